The Morgan fingerprint density at radius 2 is 1.12 bits per heavy atom. The summed E-state index contributed by atoms with van der Waals surface area (Å²) in [6, 6.07) is 23.2. The van der Waals surface area contributed by atoms with Gasteiger partial charge >= 0.3 is 12.2 Å². The lowest BCUT2D eigenvalue weighted by Gasteiger charge is -2.47. The lowest BCUT2D eigenvalue weighted by molar-refractivity contribution is -0.146. The number of rotatable bonds is 33. The molecule has 5 amide bonds. The van der Waals surface area contributed by atoms with Gasteiger partial charge in [0.05, 0.1) is 12.6 Å². The highest BCUT2D eigenvalue weighted by molar-refractivity contribution is 6.79. The van der Waals surface area contributed by atoms with Gasteiger partial charge in [-0.15, -0.1) is 0 Å². The molecule has 0 radical (unpaired) electrons. The van der Waals surface area contributed by atoms with E-state index < -0.39 is 79.8 Å². The fraction of sp³-hybridized carbons (Fsp3) is 0.671. The number of carbonyl (C=O) groups is 5. The van der Waals surface area contributed by atoms with Crippen molar-refractivity contribution >= 4 is 60.8 Å². The third-order valence-corrected chi connectivity index (χ3v) is 38.7. The average molecular weight is 1340 g/mol. The van der Waals surface area contributed by atoms with E-state index in [1.807, 2.05) is 62.4 Å². The van der Waals surface area contributed by atoms with Crippen molar-refractivity contribution in [2.45, 2.75) is 289 Å². The number of guanidine groups is 1. The maximum Gasteiger partial charge on any atom is 0.416 e. The van der Waals surface area contributed by atoms with Crippen molar-refractivity contribution in [2.24, 2.45) is 11.8 Å². The Bertz CT molecular complexity index is 2770. The predicted molar refractivity (Wildman–Crippen MR) is 381 cm³/mol. The molecular weight excluding hydrogens is 1220 g/mol. The summed E-state index contributed by atoms with van der Waals surface area (Å²) in [5, 5.41) is 28.6. The van der Waals surface area contributed by atoms with Crippen LogP contribution in [0.1, 0.15) is 200 Å². The molecule has 5 rings (SSSR count). The summed E-state index contributed by atoms with van der Waals surface area (Å²) in [5.41, 5.74) is 5.03. The first kappa shape index (κ1) is 78.3. The van der Waals surface area contributed by atoms with Crippen LogP contribution in [-0.4, -0.2) is 125 Å². The number of nitrogens with one attached hydrogen (secondary N) is 4. The summed E-state index contributed by atoms with van der Waals surface area (Å²) >= 11 is 0. The number of hydrogen-bond donors (Lipinski definition) is 5. The number of ether oxygens (including phenoxy) is 2. The number of aliphatic hydroxyl groups is 1. The molecule has 1 saturated heterocycles. The van der Waals surface area contributed by atoms with Gasteiger partial charge in [-0.05, 0) is 135 Å². The summed E-state index contributed by atoms with van der Waals surface area (Å²) in [6.45, 7) is 43.9. The topological polar surface area (TPSA) is 218 Å². The minimum absolute atomic E-state index is 0.0340. The zero-order chi connectivity index (χ0) is 69.3. The summed E-state index contributed by atoms with van der Waals surface area (Å²) in [7, 11) is -7.38. The van der Waals surface area contributed by atoms with E-state index in [1.54, 1.807) is 29.2 Å². The van der Waals surface area contributed by atoms with Gasteiger partial charge in [0.1, 0.15) is 37.2 Å². The van der Waals surface area contributed by atoms with E-state index in [4.69, 9.17) is 28.2 Å². The first-order chi connectivity index (χ1) is 43.8. The fourth-order valence-corrected chi connectivity index (χ4v) is 32.6. The Labute approximate surface area is 562 Å². The second-order valence-electron chi connectivity index (χ2n) is 29.8. The molecule has 2 aliphatic rings. The molecule has 1 aliphatic heterocycles. The van der Waals surface area contributed by atoms with E-state index >= 15 is 14.4 Å². The molecule has 0 unspecified atom stereocenters. The van der Waals surface area contributed by atoms with Crippen LogP contribution in [0, 0.1) is 17.2 Å². The van der Waals surface area contributed by atoms with Crippen molar-refractivity contribution in [1.29, 1.82) is 5.41 Å². The minimum atomic E-state index is -2.73. The van der Waals surface area contributed by atoms with Crippen molar-refractivity contribution in [1.82, 2.24) is 25.8 Å². The van der Waals surface area contributed by atoms with Crippen LogP contribution in [0.5, 0.6) is 5.75 Å². The van der Waals surface area contributed by atoms with Crippen molar-refractivity contribution in [2.75, 3.05) is 13.2 Å². The summed E-state index contributed by atoms with van der Waals surface area (Å²) in [5.74, 6) is -0.956. The lowest BCUT2D eigenvalue weighted by Crippen LogP contribution is -2.60. The van der Waals surface area contributed by atoms with E-state index in [1.165, 1.54) is 0 Å². The molecule has 17 nitrogen and oxygen atoms in total. The number of aliphatic hydroxyl groups excluding tert-OH is 1. The fourth-order valence-electron chi connectivity index (χ4n) is 16.2. The van der Waals surface area contributed by atoms with Crippen molar-refractivity contribution < 1.29 is 51.8 Å². The van der Waals surface area contributed by atoms with E-state index in [0.717, 1.165) is 40.2 Å². The Hall–Kier alpha value is -5.39. The third-order valence-electron chi connectivity index (χ3n) is 20.4. The van der Waals surface area contributed by atoms with Gasteiger partial charge in [-0.2, -0.15) is 0 Å². The predicted octanol–water partition coefficient (Wildman–Crippen LogP) is 16.0. The lowest BCUT2D eigenvalue weighted by atomic mass is 9.83. The highest BCUT2D eigenvalue weighted by atomic mass is 28.4. The second kappa shape index (κ2) is 35.6. The van der Waals surface area contributed by atoms with Gasteiger partial charge in [-0.3, -0.25) is 25.1 Å². The zero-order valence-electron chi connectivity index (χ0n) is 60.3. The van der Waals surface area contributed by atoms with Crippen LogP contribution in [0.25, 0.3) is 0 Å². The van der Waals surface area contributed by atoms with Crippen LogP contribution in [0.15, 0.2) is 84.9 Å². The van der Waals surface area contributed by atoms with E-state index in [9.17, 15) is 14.7 Å². The normalized spacial score (nSPS) is 18.2. The highest BCUT2D eigenvalue weighted by Gasteiger charge is 2.55. The van der Waals surface area contributed by atoms with Gasteiger partial charge in [0.2, 0.25) is 40.3 Å². The molecule has 0 spiro atoms. The number of likely N-dealkylation sites (tertiary alicyclic amines) is 1. The quantitative estimate of drug-likeness (QED) is 0.0219. The minimum Gasteiger partial charge on any atom is -0.543 e. The number of amides is 5. The standard InChI is InChI=1S/C73H120N6O11Si3/c1-47(2)40-64(76-69(82)67(90-93(54(15)16,55(17)18)56(19)20)41-57-33-36-62(37-34-57)88-91(48(3)4,49(5)6)50(7)8)70(83)79-65-43-63(89-92(51(9)10,52(11)12)53(13)14)38-35-60(65)42-66(79)68(81)75-61(44-80)32-27-39-78(73(85)87-46-59-30-25-22-26-31-59)71(74)77-72(84)86-45-58-28-23-21-24-29-58/h21-26,28-31,33-34,36-37,47-56,60-61,63-67,80H,27,32,35,38-46H2,1-20H3,(H,75,81)(H,76,82)(H2,74,77,84)/t60-,61+,63+,64+,65-,66-,67+/m0/s1. The van der Waals surface area contributed by atoms with Crippen LogP contribution < -0.4 is 20.4 Å². The summed E-state index contributed by atoms with van der Waals surface area (Å²) in [4.78, 5) is 76.6. The van der Waals surface area contributed by atoms with E-state index in [2.05, 4.69) is 153 Å². The number of carbonyl (C=O) groups excluding carboxylic acids is 5. The molecule has 1 aliphatic carbocycles. The molecule has 1 heterocycles. The van der Waals surface area contributed by atoms with Crippen LogP contribution in [0.3, 0.4) is 0 Å². The van der Waals surface area contributed by atoms with Gasteiger partial charge in [-0.25, -0.2) is 14.5 Å². The van der Waals surface area contributed by atoms with Gasteiger partial charge in [0, 0.05) is 25.1 Å². The SMILES string of the molecule is CC(C)C[C@@H](NC(=O)[C@@H](Cc1ccc(O[Si](C(C)C)(C(C)C)C(C)C)cc1)O[Si](C(C)C)(C(C)C)C(C)C)C(=O)N1[C@H](C(=O)N[C@@H](CO)CCCN(C(=N)NC(=O)OCc2ccccc2)C(=O)OCc2ccccc2)C[C@@H]2CC[C@@H](O[Si](C(C)C)(C(C)C)C(C)C)C[C@@H]21. The molecule has 3 aromatic carbocycles. The van der Waals surface area contributed by atoms with Crippen LogP contribution >= 0.6 is 0 Å². The van der Waals surface area contributed by atoms with Crippen LogP contribution in [0.2, 0.25) is 49.9 Å². The smallest absolute Gasteiger partial charge is 0.416 e. The molecule has 0 bridgehead atoms. The number of benzene rings is 3. The molecule has 20 heteroatoms. The van der Waals surface area contributed by atoms with Gasteiger partial charge in [-0.1, -0.05) is 211 Å². The van der Waals surface area contributed by atoms with Gasteiger partial charge in [0.15, 0.2) is 0 Å². The number of hydrogen-bond acceptors (Lipinski definition) is 12. The average Bonchev–Trinajstić information content (AvgIpc) is 1.74. The molecule has 2 fully saturated rings. The molecule has 1 saturated carbocycles. The molecule has 520 valence electrons. The number of nitrogens with zero attached hydrogens (tertiary/aromatic N) is 2. The molecule has 0 aromatic heterocycles. The Morgan fingerprint density at radius 1 is 0.613 bits per heavy atom. The maximum atomic E-state index is 16.2. The molecule has 3 aromatic rings. The van der Waals surface area contributed by atoms with Crippen LogP contribution in [0.4, 0.5) is 9.59 Å². The number of fused-ring (bicyclic) bond motifs is 1. The highest BCUT2D eigenvalue weighted by Crippen LogP contribution is 2.49. The second-order valence-corrected chi connectivity index (χ2v) is 46.0. The maximum absolute atomic E-state index is 16.2. The van der Waals surface area contributed by atoms with Crippen molar-refractivity contribution in [3.63, 3.8) is 0 Å². The molecule has 93 heavy (non-hydrogen) atoms. The Kier molecular flexibility index (Phi) is 29.9. The molecule has 5 N–H and O–H groups in total. The van der Waals surface area contributed by atoms with Gasteiger partial charge in [0.25, 0.3) is 8.32 Å². The summed E-state index contributed by atoms with van der Waals surface area (Å²) in [6.07, 6.45) is 0.428. The molecular formula is C73H120N6O11Si3. The van der Waals surface area contributed by atoms with Crippen LogP contribution in [-0.2, 0) is 52.3 Å². The Morgan fingerprint density at radius 3 is 1.60 bits per heavy atom. The van der Waals surface area contributed by atoms with E-state index in [-0.39, 0.29) is 91.4 Å². The summed E-state index contributed by atoms with van der Waals surface area (Å²) < 4.78 is 33.1. The van der Waals surface area contributed by atoms with E-state index in [0.29, 0.717) is 52.5 Å². The molecule has 7 atom stereocenters. The first-order valence-electron chi connectivity index (χ1n) is 35.0. The van der Waals surface area contributed by atoms with Gasteiger partial charge < -0.3 is 43.4 Å². The third kappa shape index (κ3) is 19.9. The monoisotopic (exact) mass is 1340 g/mol. The Balaban J connectivity index is 1.49. The largest absolute Gasteiger partial charge is 0.543 e. The zero-order valence-corrected chi connectivity index (χ0v) is 63.3. The van der Waals surface area contributed by atoms with Crippen molar-refractivity contribution in [3.8, 4) is 5.75 Å². The first-order valence-corrected chi connectivity index (χ1v) is 41.4. The number of alkyl carbamates (subject to hydrolysis) is 1. The van der Waals surface area contributed by atoms with Crippen molar-refractivity contribution in [3.05, 3.63) is 102 Å².